The molecule has 0 aliphatic carbocycles. The smallest absolute Gasteiger partial charge is 0.233 e. The second-order valence-corrected chi connectivity index (χ2v) is 8.69. The number of rotatable bonds is 9. The van der Waals surface area contributed by atoms with Gasteiger partial charge in [0, 0.05) is 6.54 Å². The molecule has 2 aromatic heterocycles. The number of anilines is 1. The lowest BCUT2D eigenvalue weighted by Crippen LogP contribution is -2.33. The summed E-state index contributed by atoms with van der Waals surface area (Å²) in [6.07, 6.45) is 1.64. The lowest BCUT2D eigenvalue weighted by Gasteiger charge is -2.15. The fourth-order valence-electron chi connectivity index (χ4n) is 2.41. The van der Waals surface area contributed by atoms with Gasteiger partial charge in [-0.2, -0.15) is 0 Å². The summed E-state index contributed by atoms with van der Waals surface area (Å²) >= 11 is 2.84. The number of hydrogen-bond donors (Lipinski definition) is 2. The molecule has 0 aliphatic rings. The first-order valence-corrected chi connectivity index (χ1v) is 10.4. The standard InChI is InChI=1S/C19H22N4O2S2/c1-13(15-7-4-3-5-8-15)11-20-17(24)14(2)26-19-23-22-18(27-19)21-12-16-9-6-10-25-16/h3-10,13-14H,11-12H2,1-2H3,(H,20,24)(H,21,22)/t13-,14-/m0/s1. The molecule has 3 rings (SSSR count). The van der Waals surface area contributed by atoms with Gasteiger partial charge in [0.05, 0.1) is 18.1 Å². The number of amides is 1. The zero-order chi connectivity index (χ0) is 19.1. The largest absolute Gasteiger partial charge is 0.467 e. The first-order valence-electron chi connectivity index (χ1n) is 8.71. The first kappa shape index (κ1) is 19.4. The molecule has 8 heteroatoms. The van der Waals surface area contributed by atoms with Gasteiger partial charge in [-0.1, -0.05) is 60.4 Å². The number of aromatic nitrogens is 2. The summed E-state index contributed by atoms with van der Waals surface area (Å²) in [5.41, 5.74) is 1.22. The third kappa shape index (κ3) is 5.83. The molecule has 2 N–H and O–H groups in total. The van der Waals surface area contributed by atoms with E-state index in [1.165, 1.54) is 28.7 Å². The number of nitrogens with one attached hydrogen (secondary N) is 2. The molecule has 0 saturated carbocycles. The molecule has 3 aromatic rings. The van der Waals surface area contributed by atoms with E-state index in [1.807, 2.05) is 37.3 Å². The van der Waals surface area contributed by atoms with Crippen LogP contribution in [-0.2, 0) is 11.3 Å². The average Bonchev–Trinajstić information content (AvgIpc) is 3.36. The molecule has 0 aliphatic heterocycles. The van der Waals surface area contributed by atoms with Gasteiger partial charge in [-0.3, -0.25) is 4.79 Å². The van der Waals surface area contributed by atoms with E-state index >= 15 is 0 Å². The van der Waals surface area contributed by atoms with Crippen molar-refractivity contribution in [3.8, 4) is 0 Å². The van der Waals surface area contributed by atoms with Gasteiger partial charge in [0.25, 0.3) is 0 Å². The fourth-order valence-corrected chi connectivity index (χ4v) is 4.32. The molecule has 0 radical (unpaired) electrons. The molecule has 0 saturated heterocycles. The maximum Gasteiger partial charge on any atom is 0.233 e. The van der Waals surface area contributed by atoms with Crippen LogP contribution >= 0.6 is 23.1 Å². The Bertz CT molecular complexity index is 837. The highest BCUT2D eigenvalue weighted by Crippen LogP contribution is 2.29. The van der Waals surface area contributed by atoms with Crippen LogP contribution in [-0.4, -0.2) is 27.9 Å². The van der Waals surface area contributed by atoms with E-state index in [1.54, 1.807) is 6.26 Å². The summed E-state index contributed by atoms with van der Waals surface area (Å²) in [7, 11) is 0. The number of furan rings is 1. The van der Waals surface area contributed by atoms with Crippen molar-refractivity contribution in [2.75, 3.05) is 11.9 Å². The number of benzene rings is 1. The van der Waals surface area contributed by atoms with Crippen LogP contribution < -0.4 is 10.6 Å². The van der Waals surface area contributed by atoms with E-state index in [9.17, 15) is 4.79 Å². The highest BCUT2D eigenvalue weighted by molar-refractivity contribution is 8.02. The van der Waals surface area contributed by atoms with Gasteiger partial charge in [-0.25, -0.2) is 0 Å². The van der Waals surface area contributed by atoms with Gasteiger partial charge in [-0.15, -0.1) is 10.2 Å². The molecule has 1 aromatic carbocycles. The van der Waals surface area contributed by atoms with E-state index < -0.39 is 0 Å². The third-order valence-electron chi connectivity index (χ3n) is 4.00. The second kappa shape index (κ2) is 9.57. The van der Waals surface area contributed by atoms with Crippen LogP contribution in [0.25, 0.3) is 0 Å². The van der Waals surface area contributed by atoms with Crippen molar-refractivity contribution >= 4 is 34.1 Å². The van der Waals surface area contributed by atoms with Crippen LogP contribution in [0.4, 0.5) is 5.13 Å². The van der Waals surface area contributed by atoms with E-state index in [0.29, 0.717) is 18.2 Å². The summed E-state index contributed by atoms with van der Waals surface area (Å²) in [6, 6.07) is 13.9. The predicted octanol–water partition coefficient (Wildman–Crippen LogP) is 4.14. The molecule has 0 fully saturated rings. The summed E-state index contributed by atoms with van der Waals surface area (Å²) in [4.78, 5) is 12.4. The fraction of sp³-hybridized carbons (Fsp3) is 0.316. The number of carbonyl (C=O) groups excluding carboxylic acids is 1. The van der Waals surface area contributed by atoms with Crippen LogP contribution in [0.3, 0.4) is 0 Å². The van der Waals surface area contributed by atoms with E-state index in [4.69, 9.17) is 4.42 Å². The summed E-state index contributed by atoms with van der Waals surface area (Å²) in [6.45, 7) is 5.15. The van der Waals surface area contributed by atoms with Crippen LogP contribution in [0.2, 0.25) is 0 Å². The molecular formula is C19H22N4O2S2. The Labute approximate surface area is 166 Å². The minimum atomic E-state index is -0.237. The van der Waals surface area contributed by atoms with Crippen molar-refractivity contribution < 1.29 is 9.21 Å². The van der Waals surface area contributed by atoms with E-state index in [-0.39, 0.29) is 17.1 Å². The minimum absolute atomic E-state index is 0.00285. The zero-order valence-corrected chi connectivity index (χ0v) is 16.8. The molecule has 142 valence electrons. The van der Waals surface area contributed by atoms with Gasteiger partial charge in [0.2, 0.25) is 11.0 Å². The lowest BCUT2D eigenvalue weighted by atomic mass is 10.0. The SMILES string of the molecule is C[C@H](Sc1nnc(NCc2ccco2)s1)C(=O)NC[C@H](C)c1ccccc1. The molecular weight excluding hydrogens is 380 g/mol. The Balaban J connectivity index is 1.44. The van der Waals surface area contributed by atoms with E-state index in [2.05, 4.69) is 39.9 Å². The molecule has 1 amide bonds. The Morgan fingerprint density at radius 1 is 1.19 bits per heavy atom. The first-order chi connectivity index (χ1) is 13.1. The van der Waals surface area contributed by atoms with Gasteiger partial charge in [0.15, 0.2) is 4.34 Å². The van der Waals surface area contributed by atoms with E-state index in [0.717, 1.165) is 10.1 Å². The van der Waals surface area contributed by atoms with Crippen LogP contribution in [0.5, 0.6) is 0 Å². The normalized spacial score (nSPS) is 13.1. The monoisotopic (exact) mass is 402 g/mol. The van der Waals surface area contributed by atoms with Crippen LogP contribution in [0, 0.1) is 0 Å². The number of carbonyl (C=O) groups is 1. The van der Waals surface area contributed by atoms with Gasteiger partial charge >= 0.3 is 0 Å². The Hall–Kier alpha value is -2.32. The molecule has 0 spiro atoms. The highest BCUT2D eigenvalue weighted by Gasteiger charge is 2.18. The topological polar surface area (TPSA) is 80.1 Å². The van der Waals surface area contributed by atoms with Crippen molar-refractivity contribution in [1.29, 1.82) is 0 Å². The third-order valence-corrected chi connectivity index (χ3v) is 6.06. The van der Waals surface area contributed by atoms with Gasteiger partial charge in [0.1, 0.15) is 5.76 Å². The van der Waals surface area contributed by atoms with Gasteiger partial charge in [-0.05, 0) is 30.5 Å². The Morgan fingerprint density at radius 2 is 2.00 bits per heavy atom. The second-order valence-electron chi connectivity index (χ2n) is 6.12. The molecule has 2 heterocycles. The van der Waals surface area contributed by atoms with Crippen molar-refractivity contribution in [3.05, 3.63) is 60.1 Å². The maximum atomic E-state index is 12.4. The van der Waals surface area contributed by atoms with Crippen LogP contribution in [0.1, 0.15) is 31.1 Å². The Kier molecular flexibility index (Phi) is 6.89. The zero-order valence-electron chi connectivity index (χ0n) is 15.2. The summed E-state index contributed by atoms with van der Waals surface area (Å²) in [5, 5.41) is 14.9. The lowest BCUT2D eigenvalue weighted by molar-refractivity contribution is -0.120. The molecule has 27 heavy (non-hydrogen) atoms. The van der Waals surface area contributed by atoms with Crippen molar-refractivity contribution in [3.63, 3.8) is 0 Å². The summed E-state index contributed by atoms with van der Waals surface area (Å²) in [5.74, 6) is 1.11. The van der Waals surface area contributed by atoms with Crippen molar-refractivity contribution in [1.82, 2.24) is 15.5 Å². The van der Waals surface area contributed by atoms with Crippen molar-refractivity contribution in [2.24, 2.45) is 0 Å². The van der Waals surface area contributed by atoms with Gasteiger partial charge < -0.3 is 15.1 Å². The summed E-state index contributed by atoms with van der Waals surface area (Å²) < 4.78 is 6.03. The van der Waals surface area contributed by atoms with Crippen molar-refractivity contribution in [2.45, 2.75) is 35.9 Å². The number of nitrogens with zero attached hydrogens (tertiary/aromatic N) is 2. The quantitative estimate of drug-likeness (QED) is 0.524. The minimum Gasteiger partial charge on any atom is -0.467 e. The van der Waals surface area contributed by atoms with Crippen LogP contribution in [0.15, 0.2) is 57.5 Å². The number of thioether (sulfide) groups is 1. The molecule has 0 bridgehead atoms. The molecule has 2 atom stereocenters. The average molecular weight is 403 g/mol. The molecule has 0 unspecified atom stereocenters. The Morgan fingerprint density at radius 3 is 2.74 bits per heavy atom. The predicted molar refractivity (Wildman–Crippen MR) is 109 cm³/mol. The highest BCUT2D eigenvalue weighted by atomic mass is 32.2. The molecule has 6 nitrogen and oxygen atoms in total. The number of hydrogen-bond acceptors (Lipinski definition) is 7. The maximum absolute atomic E-state index is 12.4.